The van der Waals surface area contributed by atoms with Gasteiger partial charge >= 0.3 is 0 Å². The number of rotatable bonds is 10. The van der Waals surface area contributed by atoms with Crippen molar-refractivity contribution in [3.63, 3.8) is 0 Å². The SMILES string of the molecule is CC(C)CC1=C(CCCC2=C(CC(C)C)Cc3cccc(-c4ccc(C(C)(C)C)cc4)c32)c2c(cccc2-c2ccc(C(C)(C)C)cc2)C1. The first-order valence-corrected chi connectivity index (χ1v) is 19.1. The Morgan fingerprint density at radius 1 is 0.490 bits per heavy atom. The summed E-state index contributed by atoms with van der Waals surface area (Å²) in [5, 5.41) is 0. The third-order valence-corrected chi connectivity index (χ3v) is 10.9. The second-order valence-electron chi connectivity index (χ2n) is 17.9. The van der Waals surface area contributed by atoms with Gasteiger partial charge in [-0.1, -0.05) is 165 Å². The summed E-state index contributed by atoms with van der Waals surface area (Å²) in [5.41, 5.74) is 21.4. The van der Waals surface area contributed by atoms with Gasteiger partial charge < -0.3 is 0 Å². The van der Waals surface area contributed by atoms with Gasteiger partial charge in [-0.2, -0.15) is 0 Å². The molecule has 0 saturated heterocycles. The molecule has 0 bridgehead atoms. The highest BCUT2D eigenvalue weighted by atomic mass is 14.3. The van der Waals surface area contributed by atoms with Crippen LogP contribution in [0.5, 0.6) is 0 Å². The van der Waals surface area contributed by atoms with E-state index in [2.05, 4.69) is 154 Å². The standard InChI is InChI=1S/C49H60/c1-32(2)28-38-30-36-14-11-16-42(34-20-24-40(25-21-34)48(5,6)7)46(36)44(38)18-13-19-45-39(29-33(3)4)31-37-15-12-17-43(47(37)45)35-22-26-41(27-23-35)49(8,9)10/h11-12,14-17,20-27,32-33H,13,18-19,28-31H2,1-10H3. The Bertz CT molecular complexity index is 1720. The molecule has 0 amide bonds. The largest absolute Gasteiger partial charge is 0.0625 e. The Kier molecular flexibility index (Phi) is 10.0. The fourth-order valence-corrected chi connectivity index (χ4v) is 8.44. The minimum absolute atomic E-state index is 0.157. The van der Waals surface area contributed by atoms with Crippen LogP contribution in [0.3, 0.4) is 0 Å². The lowest BCUT2D eigenvalue weighted by Crippen LogP contribution is -2.10. The minimum atomic E-state index is 0.157. The van der Waals surface area contributed by atoms with Crippen LogP contribution in [-0.2, 0) is 23.7 Å². The second-order valence-corrected chi connectivity index (χ2v) is 17.9. The van der Waals surface area contributed by atoms with Crippen LogP contribution in [-0.4, -0.2) is 0 Å². The van der Waals surface area contributed by atoms with E-state index in [0.29, 0.717) is 11.8 Å². The van der Waals surface area contributed by atoms with Crippen LogP contribution < -0.4 is 0 Å². The Labute approximate surface area is 298 Å². The van der Waals surface area contributed by atoms with Gasteiger partial charge in [-0.25, -0.2) is 0 Å². The molecule has 0 heteroatoms. The summed E-state index contributed by atoms with van der Waals surface area (Å²) in [5.74, 6) is 1.31. The molecule has 0 spiro atoms. The van der Waals surface area contributed by atoms with Crippen LogP contribution in [0.25, 0.3) is 33.4 Å². The number of benzene rings is 4. The van der Waals surface area contributed by atoms with Crippen molar-refractivity contribution in [3.8, 4) is 22.3 Å². The molecule has 0 fully saturated rings. The molecule has 0 unspecified atom stereocenters. The molecule has 0 nitrogen and oxygen atoms in total. The third-order valence-electron chi connectivity index (χ3n) is 10.9. The predicted octanol–water partition coefficient (Wildman–Crippen LogP) is 14.2. The van der Waals surface area contributed by atoms with Crippen molar-refractivity contribution in [1.82, 2.24) is 0 Å². The first-order valence-electron chi connectivity index (χ1n) is 19.1. The Morgan fingerprint density at radius 3 is 1.18 bits per heavy atom. The smallest absolute Gasteiger partial charge is 0.00547 e. The van der Waals surface area contributed by atoms with Gasteiger partial charge in [-0.3, -0.25) is 0 Å². The Hall–Kier alpha value is -3.64. The van der Waals surface area contributed by atoms with Gasteiger partial charge in [0.05, 0.1) is 0 Å². The monoisotopic (exact) mass is 648 g/mol. The zero-order valence-corrected chi connectivity index (χ0v) is 32.2. The average molecular weight is 649 g/mol. The summed E-state index contributed by atoms with van der Waals surface area (Å²) >= 11 is 0. The van der Waals surface area contributed by atoms with E-state index in [9.17, 15) is 0 Å². The summed E-state index contributed by atoms with van der Waals surface area (Å²) in [6.07, 6.45) is 8.05. The van der Waals surface area contributed by atoms with E-state index in [4.69, 9.17) is 0 Å². The molecule has 4 aromatic carbocycles. The molecule has 0 aromatic heterocycles. The molecule has 49 heavy (non-hydrogen) atoms. The van der Waals surface area contributed by atoms with E-state index in [1.165, 1.54) is 74.9 Å². The van der Waals surface area contributed by atoms with Crippen molar-refractivity contribution in [1.29, 1.82) is 0 Å². The van der Waals surface area contributed by atoms with Crippen LogP contribution in [0, 0.1) is 11.8 Å². The van der Waals surface area contributed by atoms with Crippen molar-refractivity contribution in [3.05, 3.63) is 129 Å². The van der Waals surface area contributed by atoms with Crippen LogP contribution in [0.2, 0.25) is 0 Å². The van der Waals surface area contributed by atoms with Crippen molar-refractivity contribution < 1.29 is 0 Å². The molecule has 0 N–H and O–H groups in total. The molecule has 0 aliphatic heterocycles. The average Bonchev–Trinajstić information content (AvgIpc) is 3.56. The van der Waals surface area contributed by atoms with Crippen molar-refractivity contribution in [2.45, 2.75) is 125 Å². The first-order chi connectivity index (χ1) is 23.2. The summed E-state index contributed by atoms with van der Waals surface area (Å²) in [7, 11) is 0. The van der Waals surface area contributed by atoms with E-state index in [0.717, 1.165) is 25.7 Å². The number of fused-ring (bicyclic) bond motifs is 2. The highest BCUT2D eigenvalue weighted by Crippen LogP contribution is 2.47. The zero-order valence-electron chi connectivity index (χ0n) is 32.2. The van der Waals surface area contributed by atoms with Gasteiger partial charge in [-0.15, -0.1) is 0 Å². The summed E-state index contributed by atoms with van der Waals surface area (Å²) in [4.78, 5) is 0. The maximum Gasteiger partial charge on any atom is -0.00547 e. The normalized spacial score (nSPS) is 14.8. The lowest BCUT2D eigenvalue weighted by Gasteiger charge is -2.20. The molecule has 2 aliphatic carbocycles. The third kappa shape index (κ3) is 7.60. The van der Waals surface area contributed by atoms with Gasteiger partial charge in [-0.05, 0) is 134 Å². The van der Waals surface area contributed by atoms with Crippen LogP contribution in [0.15, 0.2) is 96.1 Å². The van der Waals surface area contributed by atoms with E-state index in [1.807, 2.05) is 0 Å². The summed E-state index contributed by atoms with van der Waals surface area (Å²) < 4.78 is 0. The van der Waals surface area contributed by atoms with Crippen LogP contribution >= 0.6 is 0 Å². The van der Waals surface area contributed by atoms with Crippen molar-refractivity contribution in [2.75, 3.05) is 0 Å². The molecular weight excluding hydrogens is 589 g/mol. The highest BCUT2D eigenvalue weighted by molar-refractivity contribution is 5.89. The molecule has 0 atom stereocenters. The van der Waals surface area contributed by atoms with Gasteiger partial charge in [0, 0.05) is 0 Å². The molecule has 0 heterocycles. The molecule has 0 radical (unpaired) electrons. The van der Waals surface area contributed by atoms with Crippen LogP contribution in [0.1, 0.15) is 135 Å². The lowest BCUT2D eigenvalue weighted by molar-refractivity contribution is 0.590. The van der Waals surface area contributed by atoms with Crippen molar-refractivity contribution >= 4 is 11.1 Å². The zero-order chi connectivity index (χ0) is 35.1. The van der Waals surface area contributed by atoms with Crippen molar-refractivity contribution in [2.24, 2.45) is 11.8 Å². The van der Waals surface area contributed by atoms with E-state index in [1.54, 1.807) is 22.3 Å². The summed E-state index contributed by atoms with van der Waals surface area (Å²) in [6, 6.07) is 32.9. The van der Waals surface area contributed by atoms with E-state index in [-0.39, 0.29) is 10.8 Å². The summed E-state index contributed by atoms with van der Waals surface area (Å²) in [6.45, 7) is 23.4. The molecule has 4 aromatic rings. The van der Waals surface area contributed by atoms with E-state index >= 15 is 0 Å². The molecule has 2 aliphatic rings. The van der Waals surface area contributed by atoms with E-state index < -0.39 is 0 Å². The van der Waals surface area contributed by atoms with Gasteiger partial charge in [0.1, 0.15) is 0 Å². The highest BCUT2D eigenvalue weighted by Gasteiger charge is 2.28. The topological polar surface area (TPSA) is 0 Å². The second kappa shape index (κ2) is 13.9. The Balaban J connectivity index is 1.33. The molecular formula is C49H60. The lowest BCUT2D eigenvalue weighted by atomic mass is 9.84. The number of hydrogen-bond acceptors (Lipinski definition) is 0. The Morgan fingerprint density at radius 2 is 0.857 bits per heavy atom. The maximum atomic E-state index is 2.39. The molecule has 256 valence electrons. The first kappa shape index (κ1) is 35.2. The predicted molar refractivity (Wildman–Crippen MR) is 215 cm³/mol. The number of allylic oxidation sites excluding steroid dienone is 4. The molecule has 0 saturated carbocycles. The van der Waals surface area contributed by atoms with Crippen LogP contribution in [0.4, 0.5) is 0 Å². The number of hydrogen-bond donors (Lipinski definition) is 0. The molecule has 6 rings (SSSR count). The quantitative estimate of drug-likeness (QED) is 0.160. The van der Waals surface area contributed by atoms with Gasteiger partial charge in [0.2, 0.25) is 0 Å². The minimum Gasteiger partial charge on any atom is -0.0625 e. The maximum absolute atomic E-state index is 2.39. The van der Waals surface area contributed by atoms with Gasteiger partial charge in [0.25, 0.3) is 0 Å². The van der Waals surface area contributed by atoms with Gasteiger partial charge in [0.15, 0.2) is 0 Å². The fraction of sp³-hybridized carbons (Fsp3) is 0.429. The fourth-order valence-electron chi connectivity index (χ4n) is 8.44.